The highest BCUT2D eigenvalue weighted by Gasteiger charge is 2.39. The lowest BCUT2D eigenvalue weighted by atomic mass is 9.85. The minimum Gasteiger partial charge on any atom is -0.373 e. The van der Waals surface area contributed by atoms with E-state index >= 15 is 0 Å². The van der Waals surface area contributed by atoms with Gasteiger partial charge in [0.2, 0.25) is 5.95 Å². The van der Waals surface area contributed by atoms with E-state index in [0.29, 0.717) is 34.3 Å². The fourth-order valence-corrected chi connectivity index (χ4v) is 4.31. The van der Waals surface area contributed by atoms with Crippen molar-refractivity contribution in [3.63, 3.8) is 0 Å². The molecule has 0 radical (unpaired) electrons. The predicted molar refractivity (Wildman–Crippen MR) is 134 cm³/mol. The molecule has 5 aromatic rings. The number of benzene rings is 3. The van der Waals surface area contributed by atoms with E-state index in [-0.39, 0.29) is 18.3 Å². The zero-order valence-corrected chi connectivity index (χ0v) is 19.7. The standard InChI is InChI=1S/C27H25FN6O2/c1-2-33-18-29-26(32-33)31-24(35)19-13-14-22-23(17-19)34(16-15-28)25(30-22)27(36,20-9-5-3-6-10-20)21-11-7-4-8-12-21/h3-14,17-18,36H,2,15-16H2,1H3,(H,31,32,35). The van der Waals surface area contributed by atoms with Gasteiger partial charge in [-0.1, -0.05) is 60.7 Å². The topological polar surface area (TPSA) is 97.9 Å². The highest BCUT2D eigenvalue weighted by molar-refractivity contribution is 6.05. The van der Waals surface area contributed by atoms with Crippen molar-refractivity contribution in [3.05, 3.63) is 108 Å². The van der Waals surface area contributed by atoms with Crippen LogP contribution in [0.2, 0.25) is 0 Å². The minimum absolute atomic E-state index is 0.0403. The fraction of sp³-hybridized carbons (Fsp3) is 0.185. The van der Waals surface area contributed by atoms with Crippen LogP contribution < -0.4 is 5.32 Å². The first kappa shape index (κ1) is 23.4. The second-order valence-electron chi connectivity index (χ2n) is 8.30. The fourth-order valence-electron chi connectivity index (χ4n) is 4.31. The molecule has 0 bridgehead atoms. The Labute approximate surface area is 207 Å². The number of anilines is 1. The van der Waals surface area contributed by atoms with Gasteiger partial charge in [0.25, 0.3) is 5.91 Å². The highest BCUT2D eigenvalue weighted by Crippen LogP contribution is 2.37. The number of aryl methyl sites for hydroxylation is 2. The molecule has 2 aromatic heterocycles. The minimum atomic E-state index is -1.64. The second kappa shape index (κ2) is 9.71. The molecule has 8 nitrogen and oxygen atoms in total. The van der Waals surface area contributed by atoms with Gasteiger partial charge in [-0.25, -0.2) is 14.4 Å². The summed E-state index contributed by atoms with van der Waals surface area (Å²) in [5, 5.41) is 19.1. The predicted octanol–water partition coefficient (Wildman–Crippen LogP) is 4.15. The summed E-state index contributed by atoms with van der Waals surface area (Å²) in [6, 6.07) is 23.3. The number of amides is 1. The average molecular weight is 485 g/mol. The van der Waals surface area contributed by atoms with Crippen LogP contribution in [0.1, 0.15) is 34.2 Å². The molecule has 0 spiro atoms. The van der Waals surface area contributed by atoms with Gasteiger partial charge in [0.15, 0.2) is 11.4 Å². The molecule has 0 fully saturated rings. The Morgan fingerprint density at radius 1 is 1.03 bits per heavy atom. The molecule has 0 atom stereocenters. The number of hydrogen-bond donors (Lipinski definition) is 2. The van der Waals surface area contributed by atoms with Crippen molar-refractivity contribution in [2.45, 2.75) is 25.6 Å². The molecule has 0 saturated carbocycles. The Hall–Kier alpha value is -4.37. The molecule has 0 saturated heterocycles. The average Bonchev–Trinajstić information content (AvgIpc) is 3.53. The summed E-state index contributed by atoms with van der Waals surface area (Å²) < 4.78 is 17.1. The van der Waals surface area contributed by atoms with Crippen LogP contribution in [0, 0.1) is 0 Å². The number of imidazole rings is 1. The van der Waals surface area contributed by atoms with Gasteiger partial charge in [0.1, 0.15) is 13.0 Å². The van der Waals surface area contributed by atoms with Crippen molar-refractivity contribution in [2.24, 2.45) is 0 Å². The molecule has 0 aliphatic carbocycles. The summed E-state index contributed by atoms with van der Waals surface area (Å²) in [7, 11) is 0. The number of nitrogens with one attached hydrogen (secondary N) is 1. The molecule has 2 heterocycles. The van der Waals surface area contributed by atoms with Crippen LogP contribution in [0.15, 0.2) is 85.2 Å². The molecule has 9 heteroatoms. The normalized spacial score (nSPS) is 11.6. The first-order valence-corrected chi connectivity index (χ1v) is 11.7. The van der Waals surface area contributed by atoms with Crippen LogP contribution in [0.3, 0.4) is 0 Å². The zero-order valence-electron chi connectivity index (χ0n) is 19.7. The van der Waals surface area contributed by atoms with E-state index in [1.54, 1.807) is 27.4 Å². The number of carbonyl (C=O) groups excluding carboxylic acids is 1. The Balaban J connectivity index is 1.63. The van der Waals surface area contributed by atoms with E-state index in [2.05, 4.69) is 15.4 Å². The van der Waals surface area contributed by atoms with Gasteiger partial charge in [-0.3, -0.25) is 14.8 Å². The quantitative estimate of drug-likeness (QED) is 0.345. The van der Waals surface area contributed by atoms with Crippen LogP contribution in [-0.2, 0) is 18.7 Å². The maximum Gasteiger partial charge on any atom is 0.258 e. The summed E-state index contributed by atoms with van der Waals surface area (Å²) in [5.74, 6) is 0.0672. The first-order valence-electron chi connectivity index (χ1n) is 11.7. The van der Waals surface area contributed by atoms with E-state index in [1.165, 1.54) is 6.33 Å². The number of carbonyl (C=O) groups is 1. The smallest absolute Gasteiger partial charge is 0.258 e. The molecule has 0 unspecified atom stereocenters. The summed E-state index contributed by atoms with van der Waals surface area (Å²) in [5.41, 5.74) is 0.964. The zero-order chi connectivity index (χ0) is 25.1. The maximum absolute atomic E-state index is 13.8. The van der Waals surface area contributed by atoms with Crippen molar-refractivity contribution in [1.82, 2.24) is 24.3 Å². The lowest BCUT2D eigenvalue weighted by Gasteiger charge is -2.29. The van der Waals surface area contributed by atoms with Gasteiger partial charge in [-0.15, -0.1) is 5.10 Å². The van der Waals surface area contributed by atoms with Crippen LogP contribution in [0.25, 0.3) is 11.0 Å². The number of hydrogen-bond acceptors (Lipinski definition) is 5. The number of alkyl halides is 1. The van der Waals surface area contributed by atoms with Crippen LogP contribution in [0.5, 0.6) is 0 Å². The number of halogens is 1. The third-order valence-electron chi connectivity index (χ3n) is 6.11. The van der Waals surface area contributed by atoms with Crippen molar-refractivity contribution in [1.29, 1.82) is 0 Å². The van der Waals surface area contributed by atoms with Crippen LogP contribution in [0.4, 0.5) is 10.3 Å². The van der Waals surface area contributed by atoms with E-state index in [9.17, 15) is 14.3 Å². The van der Waals surface area contributed by atoms with E-state index in [1.807, 2.05) is 67.6 Å². The lowest BCUT2D eigenvalue weighted by molar-refractivity contribution is 0.102. The molecular weight excluding hydrogens is 459 g/mol. The Bertz CT molecular complexity index is 1460. The van der Waals surface area contributed by atoms with Crippen LogP contribution >= 0.6 is 0 Å². The summed E-state index contributed by atoms with van der Waals surface area (Å²) in [6.45, 7) is 1.84. The highest BCUT2D eigenvalue weighted by atomic mass is 19.1. The second-order valence-corrected chi connectivity index (χ2v) is 8.30. The van der Waals surface area contributed by atoms with Gasteiger partial charge in [0.05, 0.1) is 17.6 Å². The Morgan fingerprint density at radius 3 is 2.28 bits per heavy atom. The number of fused-ring (bicyclic) bond motifs is 1. The molecule has 3 aromatic carbocycles. The van der Waals surface area contributed by atoms with Crippen molar-refractivity contribution in [3.8, 4) is 0 Å². The third kappa shape index (κ3) is 4.14. The molecule has 182 valence electrons. The van der Waals surface area contributed by atoms with Gasteiger partial charge >= 0.3 is 0 Å². The molecule has 5 rings (SSSR count). The van der Waals surface area contributed by atoms with Gasteiger partial charge in [0, 0.05) is 12.1 Å². The number of nitrogens with zero attached hydrogens (tertiary/aromatic N) is 5. The van der Waals surface area contributed by atoms with Gasteiger partial charge in [-0.05, 0) is 36.2 Å². The van der Waals surface area contributed by atoms with Crippen molar-refractivity contribution < 1.29 is 14.3 Å². The molecule has 0 aliphatic heterocycles. The van der Waals surface area contributed by atoms with Crippen molar-refractivity contribution >= 4 is 22.9 Å². The van der Waals surface area contributed by atoms with Crippen molar-refractivity contribution in [2.75, 3.05) is 12.0 Å². The summed E-state index contributed by atoms with van der Waals surface area (Å²) in [6.07, 6.45) is 1.54. The number of aromatic nitrogens is 5. The maximum atomic E-state index is 13.8. The largest absolute Gasteiger partial charge is 0.373 e. The molecule has 36 heavy (non-hydrogen) atoms. The number of rotatable bonds is 8. The Morgan fingerprint density at radius 2 is 1.69 bits per heavy atom. The van der Waals surface area contributed by atoms with E-state index in [0.717, 1.165) is 0 Å². The van der Waals surface area contributed by atoms with Gasteiger partial charge < -0.3 is 9.67 Å². The summed E-state index contributed by atoms with van der Waals surface area (Å²) >= 11 is 0. The summed E-state index contributed by atoms with van der Waals surface area (Å²) in [4.78, 5) is 21.7. The molecule has 1 amide bonds. The van der Waals surface area contributed by atoms with Crippen LogP contribution in [-0.4, -0.2) is 42.0 Å². The monoisotopic (exact) mass is 484 g/mol. The molecular formula is C27H25FN6O2. The first-order chi connectivity index (χ1) is 17.5. The Kier molecular flexibility index (Phi) is 6.30. The van der Waals surface area contributed by atoms with E-state index < -0.39 is 18.2 Å². The van der Waals surface area contributed by atoms with Gasteiger partial charge in [-0.2, -0.15) is 0 Å². The third-order valence-corrected chi connectivity index (χ3v) is 6.11. The SMILES string of the molecule is CCn1cnc(NC(=O)c2ccc3nc(C(O)(c4ccccc4)c4ccccc4)n(CCF)c3c2)n1. The van der Waals surface area contributed by atoms with E-state index in [4.69, 9.17) is 4.98 Å². The lowest BCUT2D eigenvalue weighted by Crippen LogP contribution is -2.33. The molecule has 2 N–H and O–H groups in total. The molecule has 0 aliphatic rings. The number of aliphatic hydroxyl groups is 1.